The predicted octanol–water partition coefficient (Wildman–Crippen LogP) is 4.61. The van der Waals surface area contributed by atoms with Gasteiger partial charge in [-0.2, -0.15) is 0 Å². The highest BCUT2D eigenvalue weighted by Gasteiger charge is 2.59. The van der Waals surface area contributed by atoms with Crippen LogP contribution in [0, 0.1) is 24.2 Å². The third-order valence-electron chi connectivity index (χ3n) is 7.80. The minimum atomic E-state index is -0.474. The number of rotatable bonds is 1. The third-order valence-corrected chi connectivity index (χ3v) is 7.80. The van der Waals surface area contributed by atoms with Crippen LogP contribution in [-0.4, -0.2) is 17.8 Å². The van der Waals surface area contributed by atoms with Gasteiger partial charge in [0, 0.05) is 0 Å². The SMILES string of the molecule is COc1cc(C)c2c(c1)CC[C@H]1[C@H]3CC[C@](C)(O)[C@@]3(C)CC[C@@H]21. The molecule has 3 aliphatic rings. The fourth-order valence-electron chi connectivity index (χ4n) is 6.30. The van der Waals surface area contributed by atoms with Crippen molar-refractivity contribution in [3.05, 3.63) is 28.8 Å². The number of hydrogen-bond acceptors (Lipinski definition) is 2. The van der Waals surface area contributed by atoms with Gasteiger partial charge in [0.05, 0.1) is 12.7 Å². The quantitative estimate of drug-likeness (QED) is 0.820. The zero-order valence-corrected chi connectivity index (χ0v) is 15.0. The van der Waals surface area contributed by atoms with Crippen LogP contribution < -0.4 is 4.74 Å². The van der Waals surface area contributed by atoms with Crippen molar-refractivity contribution >= 4 is 0 Å². The van der Waals surface area contributed by atoms with E-state index < -0.39 is 5.60 Å². The first-order valence-corrected chi connectivity index (χ1v) is 9.27. The molecule has 2 saturated carbocycles. The maximum atomic E-state index is 10.9. The van der Waals surface area contributed by atoms with Crippen LogP contribution >= 0.6 is 0 Å². The van der Waals surface area contributed by atoms with E-state index >= 15 is 0 Å². The third kappa shape index (κ3) is 2.03. The van der Waals surface area contributed by atoms with Gasteiger partial charge in [-0.3, -0.25) is 0 Å². The lowest BCUT2D eigenvalue weighted by atomic mass is 9.53. The van der Waals surface area contributed by atoms with Gasteiger partial charge in [-0.05, 0) is 104 Å². The summed E-state index contributed by atoms with van der Waals surface area (Å²) < 4.78 is 5.48. The number of ether oxygens (including phenoxy) is 1. The van der Waals surface area contributed by atoms with E-state index in [-0.39, 0.29) is 5.41 Å². The van der Waals surface area contributed by atoms with Gasteiger partial charge in [-0.1, -0.05) is 6.92 Å². The lowest BCUT2D eigenvalue weighted by molar-refractivity contribution is -0.0902. The minimum Gasteiger partial charge on any atom is -0.497 e. The monoisotopic (exact) mass is 314 g/mol. The second-order valence-corrected chi connectivity index (χ2v) is 8.70. The average Bonchev–Trinajstić information content (AvgIpc) is 2.76. The van der Waals surface area contributed by atoms with Crippen LogP contribution in [0.4, 0.5) is 0 Å². The van der Waals surface area contributed by atoms with E-state index in [0.717, 1.165) is 24.5 Å². The van der Waals surface area contributed by atoms with Crippen molar-refractivity contribution in [2.24, 2.45) is 17.3 Å². The molecule has 2 heteroatoms. The van der Waals surface area contributed by atoms with Gasteiger partial charge in [0.1, 0.15) is 5.75 Å². The maximum absolute atomic E-state index is 10.9. The molecule has 1 aromatic rings. The Labute approximate surface area is 140 Å². The summed E-state index contributed by atoms with van der Waals surface area (Å²) in [6.07, 6.45) is 7.02. The number of benzene rings is 1. The lowest BCUT2D eigenvalue weighted by Gasteiger charge is -2.53. The maximum Gasteiger partial charge on any atom is 0.119 e. The molecule has 0 spiro atoms. The summed E-state index contributed by atoms with van der Waals surface area (Å²) in [6, 6.07) is 4.47. The molecule has 0 bridgehead atoms. The van der Waals surface area contributed by atoms with Gasteiger partial charge in [0.2, 0.25) is 0 Å². The zero-order chi connectivity index (χ0) is 16.4. The van der Waals surface area contributed by atoms with Crippen LogP contribution in [0.1, 0.15) is 68.6 Å². The van der Waals surface area contributed by atoms with E-state index in [1.165, 1.54) is 36.8 Å². The van der Waals surface area contributed by atoms with Crippen LogP contribution in [0.15, 0.2) is 12.1 Å². The molecule has 0 aliphatic heterocycles. The van der Waals surface area contributed by atoms with E-state index in [1.54, 1.807) is 12.7 Å². The van der Waals surface area contributed by atoms with E-state index in [9.17, 15) is 5.11 Å². The first-order valence-electron chi connectivity index (χ1n) is 9.27. The summed E-state index contributed by atoms with van der Waals surface area (Å²) in [5, 5.41) is 10.9. The molecule has 1 N–H and O–H groups in total. The summed E-state index contributed by atoms with van der Waals surface area (Å²) >= 11 is 0. The predicted molar refractivity (Wildman–Crippen MR) is 93.0 cm³/mol. The lowest BCUT2D eigenvalue weighted by Crippen LogP contribution is -2.49. The molecule has 23 heavy (non-hydrogen) atoms. The molecule has 0 aromatic heterocycles. The van der Waals surface area contributed by atoms with Crippen LogP contribution in [0.5, 0.6) is 5.75 Å². The Balaban J connectivity index is 1.73. The molecule has 1 aromatic carbocycles. The molecule has 0 amide bonds. The molecular weight excluding hydrogens is 284 g/mol. The molecule has 0 unspecified atom stereocenters. The molecule has 0 heterocycles. The van der Waals surface area contributed by atoms with Crippen molar-refractivity contribution in [1.29, 1.82) is 0 Å². The Morgan fingerprint density at radius 3 is 2.65 bits per heavy atom. The standard InChI is InChI=1S/C21H30O2/c1-13-11-15(23-4)12-14-5-6-16-17(19(13)14)7-9-20(2)18(16)8-10-21(20,3)22/h11-12,16-18,22H,5-10H2,1-4H3/t16-,17-,18-,20+,21+/m1/s1. The van der Waals surface area contributed by atoms with Crippen molar-refractivity contribution in [1.82, 2.24) is 0 Å². The summed E-state index contributed by atoms with van der Waals surface area (Å²) in [6.45, 7) is 6.69. The van der Waals surface area contributed by atoms with Crippen molar-refractivity contribution < 1.29 is 9.84 Å². The highest BCUT2D eigenvalue weighted by atomic mass is 16.5. The van der Waals surface area contributed by atoms with E-state index in [0.29, 0.717) is 11.8 Å². The highest BCUT2D eigenvalue weighted by Crippen LogP contribution is 2.64. The highest BCUT2D eigenvalue weighted by molar-refractivity contribution is 5.46. The van der Waals surface area contributed by atoms with Gasteiger partial charge < -0.3 is 9.84 Å². The van der Waals surface area contributed by atoms with E-state index in [4.69, 9.17) is 4.74 Å². The summed E-state index contributed by atoms with van der Waals surface area (Å²) in [5.41, 5.74) is 4.17. The zero-order valence-electron chi connectivity index (χ0n) is 15.0. The normalized spacial score (nSPS) is 41.9. The smallest absolute Gasteiger partial charge is 0.119 e. The Hall–Kier alpha value is -1.02. The van der Waals surface area contributed by atoms with E-state index in [2.05, 4.69) is 32.9 Å². The summed E-state index contributed by atoms with van der Waals surface area (Å²) in [7, 11) is 1.76. The van der Waals surface area contributed by atoms with E-state index in [1.807, 2.05) is 0 Å². The number of aliphatic hydroxyl groups is 1. The summed E-state index contributed by atoms with van der Waals surface area (Å²) in [5.74, 6) is 3.13. The first kappa shape index (κ1) is 15.5. The van der Waals surface area contributed by atoms with Gasteiger partial charge in [-0.25, -0.2) is 0 Å². The average molecular weight is 314 g/mol. The number of fused-ring (bicyclic) bond motifs is 5. The minimum absolute atomic E-state index is 0.117. The van der Waals surface area contributed by atoms with Crippen LogP contribution in [0.2, 0.25) is 0 Å². The van der Waals surface area contributed by atoms with Crippen molar-refractivity contribution in [3.8, 4) is 5.75 Å². The van der Waals surface area contributed by atoms with Gasteiger partial charge in [0.25, 0.3) is 0 Å². The molecule has 126 valence electrons. The molecule has 4 rings (SSSR count). The van der Waals surface area contributed by atoms with Crippen LogP contribution in [0.3, 0.4) is 0 Å². The number of aryl methyl sites for hydroxylation is 2. The second-order valence-electron chi connectivity index (χ2n) is 8.70. The van der Waals surface area contributed by atoms with Gasteiger partial charge in [-0.15, -0.1) is 0 Å². The van der Waals surface area contributed by atoms with Crippen LogP contribution in [-0.2, 0) is 6.42 Å². The molecule has 0 radical (unpaired) electrons. The Bertz CT molecular complexity index is 633. The number of hydrogen-bond donors (Lipinski definition) is 1. The molecule has 2 fully saturated rings. The molecule has 2 nitrogen and oxygen atoms in total. The fraction of sp³-hybridized carbons (Fsp3) is 0.714. The van der Waals surface area contributed by atoms with Gasteiger partial charge >= 0.3 is 0 Å². The van der Waals surface area contributed by atoms with Crippen molar-refractivity contribution in [3.63, 3.8) is 0 Å². The van der Waals surface area contributed by atoms with Crippen molar-refractivity contribution in [2.45, 2.75) is 70.8 Å². The molecule has 5 atom stereocenters. The molecule has 0 saturated heterocycles. The topological polar surface area (TPSA) is 29.5 Å². The van der Waals surface area contributed by atoms with Crippen LogP contribution in [0.25, 0.3) is 0 Å². The Kier molecular flexibility index (Phi) is 3.36. The second kappa shape index (κ2) is 4.99. The van der Waals surface area contributed by atoms with Crippen molar-refractivity contribution in [2.75, 3.05) is 7.11 Å². The first-order chi connectivity index (χ1) is 10.9. The molecule has 3 aliphatic carbocycles. The summed E-state index contributed by atoms with van der Waals surface area (Å²) in [4.78, 5) is 0. The molecular formula is C21H30O2. The fourth-order valence-corrected chi connectivity index (χ4v) is 6.30. The Morgan fingerprint density at radius 2 is 1.91 bits per heavy atom. The Morgan fingerprint density at radius 1 is 1.13 bits per heavy atom. The largest absolute Gasteiger partial charge is 0.497 e. The van der Waals surface area contributed by atoms with Gasteiger partial charge in [0.15, 0.2) is 0 Å². The number of methoxy groups -OCH3 is 1.